The summed E-state index contributed by atoms with van der Waals surface area (Å²) in [5.41, 5.74) is 7.47. The van der Waals surface area contributed by atoms with Crippen LogP contribution in [0.3, 0.4) is 0 Å². The fraction of sp³-hybridized carbons (Fsp3) is 0.154. The molecule has 1 aromatic carbocycles. The third kappa shape index (κ3) is 2.34. The topological polar surface area (TPSA) is 38.4 Å². The van der Waals surface area contributed by atoms with Gasteiger partial charge in [-0.3, -0.25) is 4.99 Å². The van der Waals surface area contributed by atoms with E-state index in [4.69, 9.17) is 5.73 Å². The monoisotopic (exact) mass is 200 g/mol. The van der Waals surface area contributed by atoms with Crippen LogP contribution < -0.4 is 16.2 Å². The summed E-state index contributed by atoms with van der Waals surface area (Å²) in [4.78, 5) is 3.98. The van der Waals surface area contributed by atoms with Crippen molar-refractivity contribution in [3.63, 3.8) is 0 Å². The van der Waals surface area contributed by atoms with Crippen LogP contribution in [0, 0.1) is 0 Å². The van der Waals surface area contributed by atoms with Crippen LogP contribution in [0.4, 0.5) is 5.69 Å². The molecule has 2 heteroatoms. The van der Waals surface area contributed by atoms with Gasteiger partial charge in [0.05, 0.1) is 5.69 Å². The van der Waals surface area contributed by atoms with Crippen LogP contribution in [0.5, 0.6) is 0 Å². The summed E-state index contributed by atoms with van der Waals surface area (Å²) in [6, 6.07) is 4.00. The quantitative estimate of drug-likeness (QED) is 0.723. The molecule has 2 N–H and O–H groups in total. The van der Waals surface area contributed by atoms with Crippen molar-refractivity contribution in [3.05, 3.63) is 34.2 Å². The number of allylic oxidation sites excluding steroid dienone is 1. The molecule has 0 radical (unpaired) electrons. The van der Waals surface area contributed by atoms with E-state index in [0.717, 1.165) is 21.7 Å². The smallest absolute Gasteiger partial charge is 0.0701 e. The lowest BCUT2D eigenvalue weighted by atomic mass is 10.1. The summed E-state index contributed by atoms with van der Waals surface area (Å²) in [7, 11) is 0. The van der Waals surface area contributed by atoms with Crippen LogP contribution in [0.1, 0.15) is 19.4 Å². The van der Waals surface area contributed by atoms with Crippen LogP contribution in [0.2, 0.25) is 0 Å². The van der Waals surface area contributed by atoms with Crippen molar-refractivity contribution in [1.29, 1.82) is 0 Å². The number of benzene rings is 1. The lowest BCUT2D eigenvalue weighted by Gasteiger charge is -2.00. The molecular formula is C13H16N2. The Bertz CT molecular complexity index is 496. The number of nitrogens with two attached hydrogens (primary N) is 1. The maximum Gasteiger partial charge on any atom is 0.0701 e. The molecule has 0 aliphatic carbocycles. The van der Waals surface area contributed by atoms with E-state index in [0.29, 0.717) is 0 Å². The van der Waals surface area contributed by atoms with Crippen molar-refractivity contribution in [2.75, 3.05) is 0 Å². The van der Waals surface area contributed by atoms with E-state index in [2.05, 4.69) is 17.8 Å². The van der Waals surface area contributed by atoms with Crippen LogP contribution in [0.25, 0.3) is 18.4 Å². The minimum Gasteiger partial charge on any atom is -0.404 e. The first-order valence-electron chi connectivity index (χ1n) is 4.88. The predicted octanol–water partition coefficient (Wildman–Crippen LogP) is 1.55. The van der Waals surface area contributed by atoms with Crippen LogP contribution >= 0.6 is 0 Å². The van der Waals surface area contributed by atoms with E-state index in [1.807, 2.05) is 38.1 Å². The van der Waals surface area contributed by atoms with Crippen molar-refractivity contribution in [1.82, 2.24) is 0 Å². The largest absolute Gasteiger partial charge is 0.404 e. The highest BCUT2D eigenvalue weighted by Gasteiger charge is 1.97. The van der Waals surface area contributed by atoms with Gasteiger partial charge in [-0.1, -0.05) is 18.2 Å². The number of rotatable bonds is 2. The van der Waals surface area contributed by atoms with Crippen molar-refractivity contribution in [2.45, 2.75) is 13.8 Å². The van der Waals surface area contributed by atoms with Gasteiger partial charge in [0, 0.05) is 11.8 Å². The van der Waals surface area contributed by atoms with Gasteiger partial charge in [-0.2, -0.15) is 0 Å². The van der Waals surface area contributed by atoms with Gasteiger partial charge >= 0.3 is 0 Å². The summed E-state index contributed by atoms with van der Waals surface area (Å²) in [6.45, 7) is 7.52. The third-order valence-electron chi connectivity index (χ3n) is 2.24. The van der Waals surface area contributed by atoms with Gasteiger partial charge < -0.3 is 5.73 Å². The first kappa shape index (κ1) is 11.2. The zero-order valence-electron chi connectivity index (χ0n) is 9.20. The molecule has 0 bridgehead atoms. The Hall–Kier alpha value is -1.83. The Balaban J connectivity index is 3.64. The van der Waals surface area contributed by atoms with E-state index in [1.54, 1.807) is 6.20 Å². The number of aliphatic imine (C=N–C) groups is 1. The van der Waals surface area contributed by atoms with Crippen molar-refractivity contribution in [2.24, 2.45) is 10.7 Å². The molecule has 1 aromatic rings. The highest BCUT2D eigenvalue weighted by Crippen LogP contribution is 2.15. The van der Waals surface area contributed by atoms with Gasteiger partial charge in [0.25, 0.3) is 0 Å². The molecule has 78 valence electrons. The second-order valence-electron chi connectivity index (χ2n) is 3.15. The Morgan fingerprint density at radius 1 is 1.27 bits per heavy atom. The summed E-state index contributed by atoms with van der Waals surface area (Å²) < 4.78 is 0. The van der Waals surface area contributed by atoms with Crippen molar-refractivity contribution in [3.8, 4) is 0 Å². The highest BCUT2D eigenvalue weighted by molar-refractivity contribution is 5.66. The summed E-state index contributed by atoms with van der Waals surface area (Å²) in [5.74, 6) is 0. The van der Waals surface area contributed by atoms with Crippen LogP contribution in [0.15, 0.2) is 23.2 Å². The van der Waals surface area contributed by atoms with E-state index in [-0.39, 0.29) is 0 Å². The molecule has 0 aromatic heterocycles. The van der Waals surface area contributed by atoms with E-state index < -0.39 is 0 Å². The average molecular weight is 200 g/mol. The SMILES string of the molecule is C=Nc1cc(=C/N)/c(=C\C)cc1/C=C\C. The molecule has 0 unspecified atom stereocenters. The second kappa shape index (κ2) is 5.15. The van der Waals surface area contributed by atoms with Crippen LogP contribution in [-0.2, 0) is 0 Å². The molecule has 0 saturated carbocycles. The zero-order valence-corrected chi connectivity index (χ0v) is 9.20. The lowest BCUT2D eigenvalue weighted by molar-refractivity contribution is 1.42. The second-order valence-corrected chi connectivity index (χ2v) is 3.15. The molecule has 1 rings (SSSR count). The molecule has 0 aliphatic heterocycles. The highest BCUT2D eigenvalue weighted by atomic mass is 14.7. The molecule has 0 heterocycles. The average Bonchev–Trinajstić information content (AvgIpc) is 2.28. The molecule has 0 spiro atoms. The summed E-state index contributed by atoms with van der Waals surface area (Å²) in [6.07, 6.45) is 7.61. The molecule has 0 fully saturated rings. The molecule has 0 saturated heterocycles. The van der Waals surface area contributed by atoms with Gasteiger partial charge in [0.15, 0.2) is 0 Å². The van der Waals surface area contributed by atoms with Crippen molar-refractivity contribution < 1.29 is 0 Å². The Labute approximate surface area is 90.2 Å². The minimum absolute atomic E-state index is 0.857. The molecular weight excluding hydrogens is 184 g/mol. The third-order valence-corrected chi connectivity index (χ3v) is 2.24. The predicted molar refractivity (Wildman–Crippen MR) is 68.4 cm³/mol. The van der Waals surface area contributed by atoms with E-state index in [9.17, 15) is 0 Å². The maximum absolute atomic E-state index is 5.55. The zero-order chi connectivity index (χ0) is 11.3. The Morgan fingerprint density at radius 2 is 2.00 bits per heavy atom. The van der Waals surface area contributed by atoms with E-state index in [1.165, 1.54) is 0 Å². The maximum atomic E-state index is 5.55. The van der Waals surface area contributed by atoms with Gasteiger partial charge in [-0.15, -0.1) is 0 Å². The molecule has 0 amide bonds. The Morgan fingerprint density at radius 3 is 2.47 bits per heavy atom. The van der Waals surface area contributed by atoms with Crippen LogP contribution in [-0.4, -0.2) is 6.72 Å². The number of hydrogen-bond donors (Lipinski definition) is 1. The molecule has 0 aliphatic rings. The van der Waals surface area contributed by atoms with E-state index >= 15 is 0 Å². The van der Waals surface area contributed by atoms with Crippen molar-refractivity contribution >= 4 is 30.8 Å². The molecule has 0 atom stereocenters. The summed E-state index contributed by atoms with van der Waals surface area (Å²) in [5, 5.41) is 2.09. The van der Waals surface area contributed by atoms with Gasteiger partial charge in [0.1, 0.15) is 0 Å². The first-order chi connectivity index (χ1) is 7.26. The molecule has 2 nitrogen and oxygen atoms in total. The fourth-order valence-corrected chi connectivity index (χ4v) is 1.48. The van der Waals surface area contributed by atoms with Gasteiger partial charge in [0.2, 0.25) is 0 Å². The standard InChI is InChI=1S/C13H16N2/c1-4-6-11-7-10(5-2)12(9-14)8-13(11)15-3/h4-9H,3,14H2,1-2H3/b6-4-,10-5-,12-9-. The lowest BCUT2D eigenvalue weighted by Crippen LogP contribution is -2.25. The fourth-order valence-electron chi connectivity index (χ4n) is 1.48. The summed E-state index contributed by atoms with van der Waals surface area (Å²) >= 11 is 0. The van der Waals surface area contributed by atoms with Gasteiger partial charge in [-0.25, -0.2) is 0 Å². The normalized spacial score (nSPS) is 13.7. The molecule has 15 heavy (non-hydrogen) atoms. The number of nitrogens with zero attached hydrogens (tertiary/aromatic N) is 1. The Kier molecular flexibility index (Phi) is 3.86. The van der Waals surface area contributed by atoms with Gasteiger partial charge in [-0.05, 0) is 43.1 Å². The first-order valence-corrected chi connectivity index (χ1v) is 4.88. The number of hydrogen-bond acceptors (Lipinski definition) is 2. The minimum atomic E-state index is 0.857.